The standard InChI is InChI=1S/C9H17NS/c1-7-6-9(8(7)2)10-4-3-5-11-9/h7-8,10H,3-6H2,1-2H3. The van der Waals surface area contributed by atoms with Crippen molar-refractivity contribution in [1.82, 2.24) is 5.32 Å². The first-order valence-corrected chi connectivity index (χ1v) is 5.62. The first-order valence-electron chi connectivity index (χ1n) is 4.63. The van der Waals surface area contributed by atoms with Crippen molar-refractivity contribution in [3.8, 4) is 0 Å². The Balaban J connectivity index is 2.00. The molecule has 1 heterocycles. The Morgan fingerprint density at radius 2 is 2.27 bits per heavy atom. The molecule has 0 amide bonds. The molecule has 2 aliphatic rings. The van der Waals surface area contributed by atoms with E-state index in [9.17, 15) is 0 Å². The van der Waals surface area contributed by atoms with Gasteiger partial charge in [-0.2, -0.15) is 0 Å². The highest BCUT2D eigenvalue weighted by molar-refractivity contribution is 8.00. The topological polar surface area (TPSA) is 12.0 Å². The Hall–Kier alpha value is 0.310. The second kappa shape index (κ2) is 2.67. The summed E-state index contributed by atoms with van der Waals surface area (Å²) in [4.78, 5) is 0.498. The van der Waals surface area contributed by atoms with E-state index >= 15 is 0 Å². The maximum Gasteiger partial charge on any atom is 0.0676 e. The number of thioether (sulfide) groups is 1. The molecule has 2 rings (SSSR count). The summed E-state index contributed by atoms with van der Waals surface area (Å²) in [6.07, 6.45) is 2.74. The predicted molar refractivity (Wildman–Crippen MR) is 50.8 cm³/mol. The van der Waals surface area contributed by atoms with E-state index in [1.165, 1.54) is 25.1 Å². The van der Waals surface area contributed by atoms with Crippen LogP contribution in [0.15, 0.2) is 0 Å². The lowest BCUT2D eigenvalue weighted by Gasteiger charge is -2.54. The van der Waals surface area contributed by atoms with Gasteiger partial charge in [0.15, 0.2) is 0 Å². The van der Waals surface area contributed by atoms with Gasteiger partial charge < -0.3 is 5.32 Å². The van der Waals surface area contributed by atoms with Crippen molar-refractivity contribution in [3.05, 3.63) is 0 Å². The van der Waals surface area contributed by atoms with Crippen molar-refractivity contribution < 1.29 is 0 Å². The van der Waals surface area contributed by atoms with Gasteiger partial charge >= 0.3 is 0 Å². The summed E-state index contributed by atoms with van der Waals surface area (Å²) in [5, 5.41) is 3.68. The van der Waals surface area contributed by atoms with Gasteiger partial charge in [-0.25, -0.2) is 0 Å². The zero-order valence-corrected chi connectivity index (χ0v) is 8.21. The van der Waals surface area contributed by atoms with Crippen LogP contribution in [0.1, 0.15) is 26.7 Å². The molecule has 1 aliphatic carbocycles. The second-order valence-corrected chi connectivity index (χ2v) is 5.41. The molecule has 1 nitrogen and oxygen atoms in total. The molecule has 0 bridgehead atoms. The number of nitrogens with one attached hydrogen (secondary N) is 1. The molecule has 11 heavy (non-hydrogen) atoms. The van der Waals surface area contributed by atoms with Gasteiger partial charge in [0.05, 0.1) is 4.87 Å². The van der Waals surface area contributed by atoms with Gasteiger partial charge in [0.2, 0.25) is 0 Å². The highest BCUT2D eigenvalue weighted by Crippen LogP contribution is 2.51. The lowest BCUT2D eigenvalue weighted by atomic mass is 9.70. The quantitative estimate of drug-likeness (QED) is 0.599. The van der Waals surface area contributed by atoms with Crippen LogP contribution in [-0.4, -0.2) is 17.2 Å². The number of hydrogen-bond donors (Lipinski definition) is 1. The maximum absolute atomic E-state index is 3.68. The van der Waals surface area contributed by atoms with Gasteiger partial charge in [-0.1, -0.05) is 13.8 Å². The van der Waals surface area contributed by atoms with Crippen molar-refractivity contribution in [3.63, 3.8) is 0 Å². The largest absolute Gasteiger partial charge is 0.303 e. The van der Waals surface area contributed by atoms with Crippen LogP contribution in [0.25, 0.3) is 0 Å². The summed E-state index contributed by atoms with van der Waals surface area (Å²) < 4.78 is 0. The first-order chi connectivity index (χ1) is 5.25. The van der Waals surface area contributed by atoms with E-state index in [1.807, 2.05) is 0 Å². The van der Waals surface area contributed by atoms with Crippen LogP contribution in [0.4, 0.5) is 0 Å². The Morgan fingerprint density at radius 1 is 1.45 bits per heavy atom. The van der Waals surface area contributed by atoms with E-state index in [0.717, 1.165) is 11.8 Å². The normalized spacial score (nSPS) is 50.7. The average Bonchev–Trinajstić information content (AvgIpc) is 2.06. The molecule has 1 saturated carbocycles. The highest BCUT2D eigenvalue weighted by Gasteiger charge is 2.49. The minimum Gasteiger partial charge on any atom is -0.303 e. The maximum atomic E-state index is 3.68. The molecule has 1 saturated heterocycles. The molecule has 1 spiro atoms. The number of hydrogen-bond acceptors (Lipinski definition) is 2. The van der Waals surface area contributed by atoms with E-state index in [-0.39, 0.29) is 0 Å². The lowest BCUT2D eigenvalue weighted by Crippen LogP contribution is -2.60. The van der Waals surface area contributed by atoms with Crippen molar-refractivity contribution >= 4 is 11.8 Å². The molecule has 64 valence electrons. The summed E-state index contributed by atoms with van der Waals surface area (Å²) >= 11 is 2.15. The van der Waals surface area contributed by atoms with E-state index in [0.29, 0.717) is 4.87 Å². The third-order valence-corrected chi connectivity index (χ3v) is 5.01. The first kappa shape index (κ1) is 7.93. The zero-order chi connectivity index (χ0) is 7.90. The van der Waals surface area contributed by atoms with Gasteiger partial charge in [-0.15, -0.1) is 11.8 Å². The van der Waals surface area contributed by atoms with Crippen LogP contribution in [0.3, 0.4) is 0 Å². The summed E-state index contributed by atoms with van der Waals surface area (Å²) in [6.45, 7) is 6.00. The predicted octanol–water partition coefficient (Wildman–Crippen LogP) is 2.09. The SMILES string of the molecule is CC1CC2(NCCCS2)C1C. The molecule has 0 aromatic rings. The van der Waals surface area contributed by atoms with E-state index in [4.69, 9.17) is 0 Å². The Bertz CT molecular complexity index is 146. The third kappa shape index (κ3) is 1.11. The van der Waals surface area contributed by atoms with Crippen LogP contribution < -0.4 is 5.32 Å². The van der Waals surface area contributed by atoms with Crippen molar-refractivity contribution in [1.29, 1.82) is 0 Å². The Labute approximate surface area is 73.3 Å². The average molecular weight is 171 g/mol. The highest BCUT2D eigenvalue weighted by atomic mass is 32.2. The minimum atomic E-state index is 0.498. The smallest absolute Gasteiger partial charge is 0.0676 e. The molecule has 1 N–H and O–H groups in total. The van der Waals surface area contributed by atoms with Gasteiger partial charge in [-0.3, -0.25) is 0 Å². The van der Waals surface area contributed by atoms with Gasteiger partial charge in [0, 0.05) is 0 Å². The molecule has 0 aromatic heterocycles. The Morgan fingerprint density at radius 3 is 2.73 bits per heavy atom. The lowest BCUT2D eigenvalue weighted by molar-refractivity contribution is 0.105. The summed E-state index contributed by atoms with van der Waals surface area (Å²) in [7, 11) is 0. The van der Waals surface area contributed by atoms with Crippen molar-refractivity contribution in [2.75, 3.05) is 12.3 Å². The molecule has 2 fully saturated rings. The molecule has 2 heteroatoms. The fraction of sp³-hybridized carbons (Fsp3) is 1.00. The van der Waals surface area contributed by atoms with E-state index in [1.54, 1.807) is 0 Å². The summed E-state index contributed by atoms with van der Waals surface area (Å²) in [5.74, 6) is 3.19. The molecular weight excluding hydrogens is 154 g/mol. The van der Waals surface area contributed by atoms with Crippen LogP contribution in [-0.2, 0) is 0 Å². The molecule has 1 aliphatic heterocycles. The molecule has 3 unspecified atom stereocenters. The van der Waals surface area contributed by atoms with Crippen LogP contribution >= 0.6 is 11.8 Å². The van der Waals surface area contributed by atoms with E-state index < -0.39 is 0 Å². The van der Waals surface area contributed by atoms with E-state index in [2.05, 4.69) is 30.9 Å². The fourth-order valence-electron chi connectivity index (χ4n) is 2.24. The monoisotopic (exact) mass is 171 g/mol. The van der Waals surface area contributed by atoms with Crippen LogP contribution in [0, 0.1) is 11.8 Å². The summed E-state index contributed by atoms with van der Waals surface area (Å²) in [6, 6.07) is 0. The molecule has 0 aromatic carbocycles. The Kier molecular flexibility index (Phi) is 1.92. The number of rotatable bonds is 0. The van der Waals surface area contributed by atoms with Gasteiger partial charge in [-0.05, 0) is 37.0 Å². The summed E-state index contributed by atoms with van der Waals surface area (Å²) in [5.41, 5.74) is 0. The molecule has 0 radical (unpaired) electrons. The zero-order valence-electron chi connectivity index (χ0n) is 7.39. The molecular formula is C9H17NS. The van der Waals surface area contributed by atoms with Gasteiger partial charge in [0.25, 0.3) is 0 Å². The van der Waals surface area contributed by atoms with Crippen molar-refractivity contribution in [2.24, 2.45) is 11.8 Å². The van der Waals surface area contributed by atoms with Crippen molar-refractivity contribution in [2.45, 2.75) is 31.6 Å². The fourth-order valence-corrected chi connectivity index (χ4v) is 3.97. The third-order valence-electron chi connectivity index (χ3n) is 3.32. The molecule has 3 atom stereocenters. The van der Waals surface area contributed by atoms with Crippen LogP contribution in [0.2, 0.25) is 0 Å². The van der Waals surface area contributed by atoms with Crippen LogP contribution in [0.5, 0.6) is 0 Å². The van der Waals surface area contributed by atoms with Gasteiger partial charge in [0.1, 0.15) is 0 Å². The second-order valence-electron chi connectivity index (χ2n) is 3.99. The minimum absolute atomic E-state index is 0.498.